The van der Waals surface area contributed by atoms with Crippen LogP contribution < -0.4 is 5.73 Å². The number of rotatable bonds is 6. The number of hydrogen-bond acceptors (Lipinski definition) is 5. The molecule has 0 bridgehead atoms. The van der Waals surface area contributed by atoms with Crippen molar-refractivity contribution in [2.75, 3.05) is 12.0 Å². The molecule has 0 radical (unpaired) electrons. The van der Waals surface area contributed by atoms with Gasteiger partial charge in [0.25, 0.3) is 0 Å². The highest BCUT2D eigenvalue weighted by molar-refractivity contribution is 7.98. The molecule has 2 rings (SSSR count). The van der Waals surface area contributed by atoms with Gasteiger partial charge >= 0.3 is 0 Å². The number of hydrogen-bond donors (Lipinski definition) is 1. The number of thioether (sulfide) groups is 1. The molecular formula is C13H17N3OS. The molecule has 0 saturated carbocycles. The smallest absolute Gasteiger partial charge is 0.243 e. The third-order valence-corrected chi connectivity index (χ3v) is 3.28. The second-order valence-corrected chi connectivity index (χ2v) is 5.08. The van der Waals surface area contributed by atoms with E-state index in [0.717, 1.165) is 12.2 Å². The van der Waals surface area contributed by atoms with E-state index in [1.54, 1.807) is 11.8 Å². The van der Waals surface area contributed by atoms with Crippen LogP contribution in [0.4, 0.5) is 0 Å². The maximum atomic E-state index is 5.98. The van der Waals surface area contributed by atoms with Crippen LogP contribution in [0.15, 0.2) is 34.9 Å². The van der Waals surface area contributed by atoms with E-state index >= 15 is 0 Å². The van der Waals surface area contributed by atoms with Gasteiger partial charge in [-0.15, -0.1) is 0 Å². The summed E-state index contributed by atoms with van der Waals surface area (Å²) in [5.41, 5.74) is 7.15. The van der Waals surface area contributed by atoms with Gasteiger partial charge in [0, 0.05) is 6.42 Å². The fourth-order valence-corrected chi connectivity index (χ4v) is 2.13. The summed E-state index contributed by atoms with van der Waals surface area (Å²) in [5.74, 6) is 2.23. The normalized spacial score (nSPS) is 12.6. The Balaban J connectivity index is 1.98. The number of benzene rings is 1. The summed E-state index contributed by atoms with van der Waals surface area (Å²) in [6.07, 6.45) is 3.59. The summed E-state index contributed by atoms with van der Waals surface area (Å²) in [5, 5.41) is 3.97. The monoisotopic (exact) mass is 263 g/mol. The molecule has 1 unspecified atom stereocenters. The first-order valence-corrected chi connectivity index (χ1v) is 7.30. The number of aromatic nitrogens is 2. The Hall–Kier alpha value is -1.33. The van der Waals surface area contributed by atoms with E-state index in [1.807, 2.05) is 30.3 Å². The minimum atomic E-state index is -0.158. The van der Waals surface area contributed by atoms with Crippen molar-refractivity contribution in [1.82, 2.24) is 10.1 Å². The van der Waals surface area contributed by atoms with E-state index < -0.39 is 0 Å². The van der Waals surface area contributed by atoms with Crippen molar-refractivity contribution in [2.24, 2.45) is 5.73 Å². The third-order valence-electron chi connectivity index (χ3n) is 2.64. The van der Waals surface area contributed by atoms with Crippen LogP contribution in [0.25, 0.3) is 0 Å². The molecule has 1 aromatic heterocycles. The molecule has 0 aliphatic carbocycles. The summed E-state index contributed by atoms with van der Waals surface area (Å²) in [7, 11) is 0. The van der Waals surface area contributed by atoms with Crippen LogP contribution in [0.5, 0.6) is 0 Å². The third kappa shape index (κ3) is 3.58. The molecule has 1 atom stereocenters. The maximum Gasteiger partial charge on any atom is 0.243 e. The predicted molar refractivity (Wildman–Crippen MR) is 73.5 cm³/mol. The van der Waals surface area contributed by atoms with Crippen LogP contribution in [0.1, 0.15) is 29.7 Å². The highest BCUT2D eigenvalue weighted by Gasteiger charge is 2.14. The van der Waals surface area contributed by atoms with E-state index in [0.29, 0.717) is 18.1 Å². The Morgan fingerprint density at radius 2 is 2.11 bits per heavy atom. The zero-order valence-corrected chi connectivity index (χ0v) is 11.2. The molecule has 0 spiro atoms. The zero-order valence-electron chi connectivity index (χ0n) is 10.4. The molecule has 1 aromatic carbocycles. The van der Waals surface area contributed by atoms with Gasteiger partial charge in [0.1, 0.15) is 0 Å². The second kappa shape index (κ2) is 6.56. The van der Waals surface area contributed by atoms with E-state index in [1.165, 1.54) is 5.56 Å². The average Bonchev–Trinajstić information content (AvgIpc) is 2.86. The molecule has 96 valence electrons. The molecule has 1 heterocycles. The molecule has 0 aliphatic rings. The highest BCUT2D eigenvalue weighted by atomic mass is 32.2. The van der Waals surface area contributed by atoms with Crippen LogP contribution in [-0.2, 0) is 6.42 Å². The average molecular weight is 263 g/mol. The SMILES string of the molecule is CSCCC(N)c1nc(Cc2ccccc2)no1. The number of nitrogens with zero attached hydrogens (tertiary/aromatic N) is 2. The predicted octanol–water partition coefficient (Wildman–Crippen LogP) is 2.41. The summed E-state index contributed by atoms with van der Waals surface area (Å²) in [6, 6.07) is 9.92. The van der Waals surface area contributed by atoms with Crippen LogP contribution in [-0.4, -0.2) is 22.1 Å². The van der Waals surface area contributed by atoms with Crippen molar-refractivity contribution >= 4 is 11.8 Å². The van der Waals surface area contributed by atoms with Crippen LogP contribution in [0.3, 0.4) is 0 Å². The Morgan fingerprint density at radius 3 is 2.83 bits per heavy atom. The Labute approximate surface area is 111 Å². The van der Waals surface area contributed by atoms with Crippen LogP contribution in [0.2, 0.25) is 0 Å². The standard InChI is InChI=1S/C13H17N3OS/c1-18-8-7-11(14)13-15-12(16-17-13)9-10-5-3-2-4-6-10/h2-6,11H,7-9,14H2,1H3. The molecule has 0 fully saturated rings. The largest absolute Gasteiger partial charge is 0.338 e. The lowest BCUT2D eigenvalue weighted by Gasteiger charge is -2.03. The van der Waals surface area contributed by atoms with Gasteiger partial charge in [0.15, 0.2) is 5.82 Å². The molecule has 4 nitrogen and oxygen atoms in total. The fraction of sp³-hybridized carbons (Fsp3) is 0.385. The lowest BCUT2D eigenvalue weighted by molar-refractivity contribution is 0.349. The highest BCUT2D eigenvalue weighted by Crippen LogP contribution is 2.15. The minimum absolute atomic E-state index is 0.158. The van der Waals surface area contributed by atoms with Gasteiger partial charge in [-0.25, -0.2) is 0 Å². The minimum Gasteiger partial charge on any atom is -0.338 e. The zero-order chi connectivity index (χ0) is 12.8. The van der Waals surface area contributed by atoms with Crippen molar-refractivity contribution in [3.8, 4) is 0 Å². The Morgan fingerprint density at radius 1 is 1.33 bits per heavy atom. The first-order valence-electron chi connectivity index (χ1n) is 5.90. The van der Waals surface area contributed by atoms with Crippen molar-refractivity contribution in [2.45, 2.75) is 18.9 Å². The number of nitrogens with two attached hydrogens (primary N) is 1. The van der Waals surface area contributed by atoms with Crippen molar-refractivity contribution in [3.63, 3.8) is 0 Å². The lowest BCUT2D eigenvalue weighted by atomic mass is 10.1. The quantitative estimate of drug-likeness (QED) is 0.867. The van der Waals surface area contributed by atoms with Gasteiger partial charge in [-0.2, -0.15) is 16.7 Å². The molecule has 2 N–H and O–H groups in total. The van der Waals surface area contributed by atoms with Crippen molar-refractivity contribution < 1.29 is 4.52 Å². The summed E-state index contributed by atoms with van der Waals surface area (Å²) < 4.78 is 5.20. The van der Waals surface area contributed by atoms with E-state index in [-0.39, 0.29) is 6.04 Å². The summed E-state index contributed by atoms with van der Waals surface area (Å²) >= 11 is 1.76. The Kier molecular flexibility index (Phi) is 4.78. The van der Waals surface area contributed by atoms with Crippen molar-refractivity contribution in [3.05, 3.63) is 47.6 Å². The van der Waals surface area contributed by atoms with Crippen molar-refractivity contribution in [1.29, 1.82) is 0 Å². The molecule has 5 heteroatoms. The maximum absolute atomic E-state index is 5.98. The van der Waals surface area contributed by atoms with Gasteiger partial charge in [-0.05, 0) is 24.0 Å². The van der Waals surface area contributed by atoms with Crippen LogP contribution >= 0.6 is 11.8 Å². The van der Waals surface area contributed by atoms with Gasteiger partial charge in [-0.1, -0.05) is 35.5 Å². The Bertz CT molecular complexity index is 472. The first-order chi connectivity index (χ1) is 8.79. The molecule has 0 amide bonds. The molecular weight excluding hydrogens is 246 g/mol. The van der Waals surface area contributed by atoms with E-state index in [2.05, 4.69) is 16.4 Å². The van der Waals surface area contributed by atoms with Gasteiger partial charge in [0.05, 0.1) is 6.04 Å². The van der Waals surface area contributed by atoms with E-state index in [9.17, 15) is 0 Å². The first kappa shape index (κ1) is 13.1. The van der Waals surface area contributed by atoms with Gasteiger partial charge in [0.2, 0.25) is 5.89 Å². The van der Waals surface area contributed by atoms with Gasteiger partial charge in [-0.3, -0.25) is 0 Å². The van der Waals surface area contributed by atoms with E-state index in [4.69, 9.17) is 10.3 Å². The van der Waals surface area contributed by atoms with Crippen LogP contribution in [0, 0.1) is 0 Å². The topological polar surface area (TPSA) is 64.9 Å². The second-order valence-electron chi connectivity index (χ2n) is 4.10. The molecule has 18 heavy (non-hydrogen) atoms. The molecule has 2 aromatic rings. The van der Waals surface area contributed by atoms with Gasteiger partial charge < -0.3 is 10.3 Å². The molecule has 0 saturated heterocycles. The fourth-order valence-electron chi connectivity index (χ4n) is 1.64. The summed E-state index contributed by atoms with van der Waals surface area (Å²) in [6.45, 7) is 0. The summed E-state index contributed by atoms with van der Waals surface area (Å²) in [4.78, 5) is 4.35. The molecule has 0 aliphatic heterocycles. The lowest BCUT2D eigenvalue weighted by Crippen LogP contribution is -2.11.